The highest BCUT2D eigenvalue weighted by Gasteiger charge is 2.46. The second-order valence-electron chi connectivity index (χ2n) is 2.74. The molecule has 0 heterocycles. The summed E-state index contributed by atoms with van der Waals surface area (Å²) < 4.78 is 48.3. The van der Waals surface area contributed by atoms with E-state index in [-0.39, 0.29) is 12.8 Å². The molecule has 1 unspecified atom stereocenters. The van der Waals surface area contributed by atoms with Gasteiger partial charge < -0.3 is 0 Å². The Balaban J connectivity index is 2.55. The molecule has 65 valence electrons. The average Bonchev–Trinajstić information content (AvgIpc) is 1.86. The summed E-state index contributed by atoms with van der Waals surface area (Å²) in [4.78, 5) is 0. The van der Waals surface area contributed by atoms with E-state index in [1.807, 2.05) is 0 Å². The lowest BCUT2D eigenvalue weighted by Crippen LogP contribution is -2.31. The molecular weight excluding hydrogens is 160 g/mol. The first-order chi connectivity index (χ1) is 5.02. The van der Waals surface area contributed by atoms with Crippen molar-refractivity contribution in [1.29, 1.82) is 0 Å². The number of alkyl halides is 4. The van der Waals surface area contributed by atoms with Gasteiger partial charge in [-0.1, -0.05) is 12.8 Å². The molecule has 11 heavy (non-hydrogen) atoms. The summed E-state index contributed by atoms with van der Waals surface area (Å²) in [5, 5.41) is 0. The standard InChI is InChI=1S/C7H9F4/c8-6-4-2-1-3-5(6)7(9,10)11/h6H,1-4H2. The number of hydrogen-bond acceptors (Lipinski definition) is 0. The maximum atomic E-state index is 12.6. The highest BCUT2D eigenvalue weighted by Crippen LogP contribution is 2.40. The SMILES string of the molecule is FC1CCCC[C]1C(F)(F)F. The van der Waals surface area contributed by atoms with E-state index in [2.05, 4.69) is 0 Å². The molecule has 0 aliphatic heterocycles. The van der Waals surface area contributed by atoms with Crippen molar-refractivity contribution in [2.24, 2.45) is 0 Å². The third-order valence-electron chi connectivity index (χ3n) is 1.90. The largest absolute Gasteiger partial charge is 0.398 e. The van der Waals surface area contributed by atoms with Gasteiger partial charge in [-0.05, 0) is 12.8 Å². The first-order valence-electron chi connectivity index (χ1n) is 3.59. The Hall–Kier alpha value is -0.280. The van der Waals surface area contributed by atoms with Crippen LogP contribution in [0.2, 0.25) is 0 Å². The molecule has 0 aromatic carbocycles. The summed E-state index contributed by atoms with van der Waals surface area (Å²) in [6, 6.07) is 0. The summed E-state index contributed by atoms with van der Waals surface area (Å²) >= 11 is 0. The molecule has 0 spiro atoms. The van der Waals surface area contributed by atoms with E-state index in [0.29, 0.717) is 12.8 Å². The molecule has 0 bridgehead atoms. The van der Waals surface area contributed by atoms with Crippen LogP contribution in [0.5, 0.6) is 0 Å². The first-order valence-corrected chi connectivity index (χ1v) is 3.59. The van der Waals surface area contributed by atoms with Crippen molar-refractivity contribution >= 4 is 0 Å². The molecule has 4 heteroatoms. The molecule has 0 amide bonds. The van der Waals surface area contributed by atoms with Crippen molar-refractivity contribution in [2.75, 3.05) is 0 Å². The quantitative estimate of drug-likeness (QED) is 0.489. The van der Waals surface area contributed by atoms with Crippen LogP contribution in [0.4, 0.5) is 17.6 Å². The van der Waals surface area contributed by atoms with Crippen LogP contribution in [0, 0.1) is 5.92 Å². The molecule has 1 saturated carbocycles. The van der Waals surface area contributed by atoms with Gasteiger partial charge in [-0.25, -0.2) is 4.39 Å². The van der Waals surface area contributed by atoms with E-state index in [1.165, 1.54) is 0 Å². The lowest BCUT2D eigenvalue weighted by Gasteiger charge is -2.26. The molecule has 1 atom stereocenters. The Morgan fingerprint density at radius 2 is 1.82 bits per heavy atom. The van der Waals surface area contributed by atoms with Crippen molar-refractivity contribution in [3.05, 3.63) is 5.92 Å². The van der Waals surface area contributed by atoms with Crippen LogP contribution in [-0.4, -0.2) is 12.3 Å². The number of hydrogen-bond donors (Lipinski definition) is 0. The second kappa shape index (κ2) is 2.99. The van der Waals surface area contributed by atoms with E-state index >= 15 is 0 Å². The molecule has 1 fully saturated rings. The average molecular weight is 169 g/mol. The fourth-order valence-corrected chi connectivity index (χ4v) is 1.29. The fraction of sp³-hybridized carbons (Fsp3) is 0.857. The lowest BCUT2D eigenvalue weighted by atomic mass is 9.87. The summed E-state index contributed by atoms with van der Waals surface area (Å²) in [7, 11) is 0. The monoisotopic (exact) mass is 169 g/mol. The normalized spacial score (nSPS) is 28.9. The Morgan fingerprint density at radius 1 is 1.18 bits per heavy atom. The van der Waals surface area contributed by atoms with Gasteiger partial charge in [-0.3, -0.25) is 0 Å². The van der Waals surface area contributed by atoms with Gasteiger partial charge in [-0.2, -0.15) is 13.2 Å². The molecule has 0 aromatic rings. The fourth-order valence-electron chi connectivity index (χ4n) is 1.29. The van der Waals surface area contributed by atoms with Gasteiger partial charge in [0.05, 0.1) is 0 Å². The molecule has 1 radical (unpaired) electrons. The van der Waals surface area contributed by atoms with Crippen LogP contribution in [0.15, 0.2) is 0 Å². The molecule has 1 aliphatic carbocycles. The maximum Gasteiger partial charge on any atom is 0.398 e. The molecule has 0 N–H and O–H groups in total. The van der Waals surface area contributed by atoms with Crippen LogP contribution >= 0.6 is 0 Å². The topological polar surface area (TPSA) is 0 Å². The molecule has 0 aromatic heterocycles. The molecular formula is C7H9F4. The highest BCUT2D eigenvalue weighted by atomic mass is 19.4. The summed E-state index contributed by atoms with van der Waals surface area (Å²) in [5.74, 6) is -0.872. The van der Waals surface area contributed by atoms with Crippen LogP contribution in [0.1, 0.15) is 25.7 Å². The second-order valence-corrected chi connectivity index (χ2v) is 2.74. The number of halogens is 4. The van der Waals surface area contributed by atoms with Gasteiger partial charge in [0.1, 0.15) is 12.1 Å². The lowest BCUT2D eigenvalue weighted by molar-refractivity contribution is -0.131. The van der Waals surface area contributed by atoms with Gasteiger partial charge in [0.2, 0.25) is 0 Å². The van der Waals surface area contributed by atoms with Gasteiger partial charge in [0.25, 0.3) is 0 Å². The molecule has 0 saturated heterocycles. The Morgan fingerprint density at radius 3 is 2.18 bits per heavy atom. The third kappa shape index (κ3) is 2.07. The summed E-state index contributed by atoms with van der Waals surface area (Å²) in [5.41, 5.74) is 0. The molecule has 1 rings (SSSR count). The smallest absolute Gasteiger partial charge is 0.246 e. The van der Waals surface area contributed by atoms with Crippen molar-refractivity contribution in [3.63, 3.8) is 0 Å². The van der Waals surface area contributed by atoms with Gasteiger partial charge in [0, 0.05) is 0 Å². The third-order valence-corrected chi connectivity index (χ3v) is 1.90. The minimum Gasteiger partial charge on any atom is -0.246 e. The van der Waals surface area contributed by atoms with Gasteiger partial charge in [0.15, 0.2) is 0 Å². The van der Waals surface area contributed by atoms with Crippen LogP contribution < -0.4 is 0 Å². The number of rotatable bonds is 0. The van der Waals surface area contributed by atoms with Gasteiger partial charge >= 0.3 is 6.18 Å². The molecule has 0 nitrogen and oxygen atoms in total. The zero-order valence-corrected chi connectivity index (χ0v) is 5.92. The Labute approximate surface area is 62.6 Å². The van der Waals surface area contributed by atoms with E-state index < -0.39 is 18.3 Å². The van der Waals surface area contributed by atoms with Crippen molar-refractivity contribution < 1.29 is 17.6 Å². The van der Waals surface area contributed by atoms with Crippen LogP contribution in [-0.2, 0) is 0 Å². The van der Waals surface area contributed by atoms with Crippen molar-refractivity contribution in [3.8, 4) is 0 Å². The minimum absolute atomic E-state index is 0.0366. The van der Waals surface area contributed by atoms with Crippen molar-refractivity contribution in [1.82, 2.24) is 0 Å². The maximum absolute atomic E-state index is 12.6. The van der Waals surface area contributed by atoms with Crippen molar-refractivity contribution in [2.45, 2.75) is 38.0 Å². The van der Waals surface area contributed by atoms with E-state index in [0.717, 1.165) is 0 Å². The van der Waals surface area contributed by atoms with E-state index in [1.54, 1.807) is 0 Å². The minimum atomic E-state index is -4.42. The summed E-state index contributed by atoms with van der Waals surface area (Å²) in [6.07, 6.45) is -5.21. The first kappa shape index (κ1) is 8.81. The summed E-state index contributed by atoms with van der Waals surface area (Å²) in [6.45, 7) is 0. The van der Waals surface area contributed by atoms with E-state index in [9.17, 15) is 17.6 Å². The van der Waals surface area contributed by atoms with Gasteiger partial charge in [-0.15, -0.1) is 0 Å². The zero-order chi connectivity index (χ0) is 8.48. The predicted octanol–water partition coefficient (Wildman–Crippen LogP) is 3.04. The van der Waals surface area contributed by atoms with E-state index in [4.69, 9.17) is 0 Å². The Bertz CT molecular complexity index is 129. The highest BCUT2D eigenvalue weighted by molar-refractivity contribution is 5.06. The molecule has 1 aliphatic rings. The predicted molar refractivity (Wildman–Crippen MR) is 32.7 cm³/mol. The Kier molecular flexibility index (Phi) is 2.40. The van der Waals surface area contributed by atoms with Crippen LogP contribution in [0.3, 0.4) is 0 Å². The van der Waals surface area contributed by atoms with Crippen LogP contribution in [0.25, 0.3) is 0 Å². The zero-order valence-electron chi connectivity index (χ0n) is 5.92.